The predicted octanol–water partition coefficient (Wildman–Crippen LogP) is 5.60. The Morgan fingerprint density at radius 2 is 1.90 bits per heavy atom. The van der Waals surface area contributed by atoms with Gasteiger partial charge in [-0.25, -0.2) is 18.4 Å². The largest absolute Gasteiger partial charge is 0.495 e. The van der Waals surface area contributed by atoms with Crippen molar-refractivity contribution in [1.82, 2.24) is 24.9 Å². The zero-order chi connectivity index (χ0) is 36.9. The molecule has 0 saturated heterocycles. The molecule has 5 atom stereocenters. The minimum Gasteiger partial charge on any atom is -0.495 e. The highest BCUT2D eigenvalue weighted by Crippen LogP contribution is 2.47. The number of nitrogens with zero attached hydrogens (tertiary/aromatic N) is 3. The molecule has 278 valence electrons. The number of sulfonamides is 1. The first-order valence-electron chi connectivity index (χ1n) is 17.9. The van der Waals surface area contributed by atoms with E-state index >= 15 is 0 Å². The molecule has 2 aromatic heterocycles. The molecule has 15 heteroatoms. The molecule has 0 radical (unpaired) electrons. The lowest BCUT2D eigenvalue weighted by atomic mass is 9.93. The molecule has 0 spiro atoms. The van der Waals surface area contributed by atoms with Crippen LogP contribution in [-0.2, 0) is 24.4 Å². The molecule has 3 aromatic rings. The molecule has 3 aliphatic carbocycles. The van der Waals surface area contributed by atoms with Crippen molar-refractivity contribution in [3.63, 3.8) is 0 Å². The Hall–Kier alpha value is -3.75. The summed E-state index contributed by atoms with van der Waals surface area (Å²) in [5.74, 6) is -2.09. The summed E-state index contributed by atoms with van der Waals surface area (Å²) in [6.45, 7) is 4.69. The number of methoxy groups -OCH3 is 1. The number of aromatic nitrogens is 2. The fourth-order valence-electron chi connectivity index (χ4n) is 7.31. The smallest absolute Gasteiger partial charge is 0.259 e. The second-order valence-corrected chi connectivity index (χ2v) is 18.0. The van der Waals surface area contributed by atoms with Gasteiger partial charge in [0.1, 0.15) is 38.9 Å². The summed E-state index contributed by atoms with van der Waals surface area (Å²) in [5, 5.41) is 6.02. The summed E-state index contributed by atoms with van der Waals surface area (Å²) < 4.78 is 40.0. The molecule has 2 N–H and O–H groups in total. The molecule has 4 aliphatic rings. The van der Waals surface area contributed by atoms with Crippen molar-refractivity contribution in [2.24, 2.45) is 17.8 Å². The molecule has 12 nitrogen and oxygen atoms in total. The van der Waals surface area contributed by atoms with E-state index in [1.165, 1.54) is 18.4 Å². The zero-order valence-corrected chi connectivity index (χ0v) is 32.1. The van der Waals surface area contributed by atoms with E-state index in [1.54, 1.807) is 18.0 Å². The van der Waals surface area contributed by atoms with Gasteiger partial charge in [0.2, 0.25) is 21.8 Å². The van der Waals surface area contributed by atoms with Crippen molar-refractivity contribution in [2.75, 3.05) is 20.7 Å². The van der Waals surface area contributed by atoms with Crippen LogP contribution in [0.25, 0.3) is 21.6 Å². The lowest BCUT2D eigenvalue weighted by Gasteiger charge is -2.26. The molecular weight excluding hydrogens is 726 g/mol. The van der Waals surface area contributed by atoms with E-state index < -0.39 is 50.6 Å². The first kappa shape index (κ1) is 36.6. The molecular formula is C37H44ClN5O7S2. The Morgan fingerprint density at radius 1 is 1.13 bits per heavy atom. The van der Waals surface area contributed by atoms with Gasteiger partial charge in [-0.05, 0) is 69.4 Å². The number of amides is 3. The standard InChI is InChI=1S/C37H44ClN5O7S2/c1-20(2)28-19-51-34(40-28)27-17-30(24-12-13-29(49-4)31(38)32(24)39-27)50-22-15-25-26(16-22)35(45)43(3)14-8-6-5-7-9-21-18-37(21,41-33(25)44)36(46)42-52(47,48)23-10-11-23/h7,9,12-13,17,19-23,25-26H,5-6,8,10-11,14-16,18H2,1-4H3,(H,41,44)(H,42,46)/b9-7-/t21-,22+,25+,26+,37-/m0/s1. The van der Waals surface area contributed by atoms with Crippen LogP contribution >= 0.6 is 22.9 Å². The van der Waals surface area contributed by atoms with Gasteiger partial charge in [-0.15, -0.1) is 11.3 Å². The lowest BCUT2D eigenvalue weighted by Crippen LogP contribution is -2.54. The van der Waals surface area contributed by atoms with Crippen LogP contribution in [0.4, 0.5) is 0 Å². The topological polar surface area (TPSA) is 157 Å². The van der Waals surface area contributed by atoms with Crippen molar-refractivity contribution in [3.05, 3.63) is 46.4 Å². The van der Waals surface area contributed by atoms with E-state index in [2.05, 4.69) is 23.9 Å². The quantitative estimate of drug-likeness (QED) is 0.279. The van der Waals surface area contributed by atoms with Crippen LogP contribution in [0, 0.1) is 17.8 Å². The van der Waals surface area contributed by atoms with Gasteiger partial charge in [-0.3, -0.25) is 19.1 Å². The van der Waals surface area contributed by atoms with E-state index in [0.29, 0.717) is 57.5 Å². The lowest BCUT2D eigenvalue weighted by molar-refractivity contribution is -0.140. The Bertz CT molecular complexity index is 2050. The zero-order valence-electron chi connectivity index (χ0n) is 29.7. The Morgan fingerprint density at radius 3 is 2.62 bits per heavy atom. The molecule has 1 aromatic carbocycles. The first-order valence-corrected chi connectivity index (χ1v) is 20.7. The molecule has 0 unspecified atom stereocenters. The number of ether oxygens (including phenoxy) is 2. The van der Waals surface area contributed by atoms with Gasteiger partial charge in [-0.2, -0.15) is 0 Å². The van der Waals surface area contributed by atoms with Crippen LogP contribution in [0.15, 0.2) is 35.7 Å². The Labute approximate surface area is 312 Å². The highest BCUT2D eigenvalue weighted by molar-refractivity contribution is 7.91. The summed E-state index contributed by atoms with van der Waals surface area (Å²) in [4.78, 5) is 53.2. The number of hydrogen-bond acceptors (Lipinski definition) is 10. The number of allylic oxidation sites excluding steroid dienone is 1. The van der Waals surface area contributed by atoms with Gasteiger partial charge >= 0.3 is 0 Å². The first-order chi connectivity index (χ1) is 24.8. The third-order valence-electron chi connectivity index (χ3n) is 10.7. The highest BCUT2D eigenvalue weighted by Gasteiger charge is 2.62. The van der Waals surface area contributed by atoms with Gasteiger partial charge in [-0.1, -0.05) is 37.6 Å². The van der Waals surface area contributed by atoms with Gasteiger partial charge in [0.15, 0.2) is 0 Å². The number of fused-ring (bicyclic) bond motifs is 3. The number of hydrogen-bond donors (Lipinski definition) is 2. The van der Waals surface area contributed by atoms with Crippen LogP contribution < -0.4 is 19.5 Å². The van der Waals surface area contributed by atoms with E-state index in [1.807, 2.05) is 29.7 Å². The second-order valence-electron chi connectivity index (χ2n) is 14.8. The fraction of sp³-hybridized carbons (Fsp3) is 0.541. The number of carbonyl (C=O) groups excluding carboxylic acids is 3. The van der Waals surface area contributed by atoms with Crippen LogP contribution in [0.3, 0.4) is 0 Å². The number of nitrogens with one attached hydrogen (secondary N) is 2. The van der Waals surface area contributed by atoms with Crippen LogP contribution in [0.2, 0.25) is 5.02 Å². The van der Waals surface area contributed by atoms with E-state index in [9.17, 15) is 22.8 Å². The summed E-state index contributed by atoms with van der Waals surface area (Å²) in [6.07, 6.45) is 7.42. The maximum absolute atomic E-state index is 14.3. The molecule has 3 heterocycles. The number of rotatable bonds is 8. The highest BCUT2D eigenvalue weighted by atomic mass is 35.5. The molecule has 1 aliphatic heterocycles. The summed E-state index contributed by atoms with van der Waals surface area (Å²) >= 11 is 8.27. The molecule has 7 rings (SSSR count). The average molecular weight is 770 g/mol. The number of thiazole rings is 1. The van der Waals surface area contributed by atoms with Crippen molar-refractivity contribution < 1.29 is 32.3 Å². The number of pyridine rings is 1. The van der Waals surface area contributed by atoms with Gasteiger partial charge in [0.05, 0.1) is 35.4 Å². The third-order valence-corrected chi connectivity index (χ3v) is 13.8. The molecule has 52 heavy (non-hydrogen) atoms. The van der Waals surface area contributed by atoms with Crippen LogP contribution in [-0.4, -0.2) is 78.6 Å². The van der Waals surface area contributed by atoms with Crippen LogP contribution in [0.5, 0.6) is 11.5 Å². The third kappa shape index (κ3) is 7.13. The molecule has 0 bridgehead atoms. The second kappa shape index (κ2) is 14.2. The molecule has 3 fully saturated rings. The monoisotopic (exact) mass is 769 g/mol. The molecule has 3 amide bonds. The van der Waals surface area contributed by atoms with E-state index in [0.717, 1.165) is 25.0 Å². The maximum Gasteiger partial charge on any atom is 0.259 e. The fourth-order valence-corrected chi connectivity index (χ4v) is 9.90. The SMILES string of the molecule is COc1ccc2c(O[C@@H]3C[C@H]4C(=O)N[C@@]5(C(=O)NS(=O)(=O)C6CC6)C[C@@H]5/C=C\CCCCN(C)C(=O)[C@@H]4C3)cc(-c3nc(C(C)C)cs3)nc2c1Cl. The van der Waals surface area contributed by atoms with Crippen molar-refractivity contribution in [2.45, 2.75) is 88.0 Å². The van der Waals surface area contributed by atoms with Gasteiger partial charge < -0.3 is 19.7 Å². The van der Waals surface area contributed by atoms with E-state index in [-0.39, 0.29) is 37.0 Å². The Balaban J connectivity index is 1.21. The van der Waals surface area contributed by atoms with Crippen molar-refractivity contribution in [3.8, 4) is 22.2 Å². The summed E-state index contributed by atoms with van der Waals surface area (Å²) in [7, 11) is -0.553. The normalized spacial score (nSPS) is 27.4. The maximum atomic E-state index is 14.3. The Kier molecular flexibility index (Phi) is 10.0. The van der Waals surface area contributed by atoms with E-state index in [4.69, 9.17) is 31.0 Å². The summed E-state index contributed by atoms with van der Waals surface area (Å²) in [5.41, 5.74) is 0.576. The molecule has 3 saturated carbocycles. The van der Waals surface area contributed by atoms with Gasteiger partial charge in [0.25, 0.3) is 5.91 Å². The van der Waals surface area contributed by atoms with Crippen molar-refractivity contribution in [1.29, 1.82) is 0 Å². The average Bonchev–Trinajstić information content (AvgIpc) is 3.98. The number of benzene rings is 1. The summed E-state index contributed by atoms with van der Waals surface area (Å²) in [6, 6.07) is 5.39. The minimum absolute atomic E-state index is 0.168. The number of halogens is 1. The minimum atomic E-state index is -3.84. The number of carbonyl (C=O) groups is 3. The van der Waals surface area contributed by atoms with Crippen LogP contribution in [0.1, 0.15) is 76.8 Å². The predicted molar refractivity (Wildman–Crippen MR) is 199 cm³/mol. The van der Waals surface area contributed by atoms with Crippen molar-refractivity contribution >= 4 is 61.6 Å². The van der Waals surface area contributed by atoms with Gasteiger partial charge in [0, 0.05) is 36.3 Å².